The van der Waals surface area contributed by atoms with E-state index in [1.54, 1.807) is 25.1 Å². The Kier molecular flexibility index (Phi) is 6.87. The second kappa shape index (κ2) is 9.37. The number of benzene rings is 2. The van der Waals surface area contributed by atoms with Crippen molar-refractivity contribution in [1.82, 2.24) is 0 Å². The highest BCUT2D eigenvalue weighted by Gasteiger charge is 2.24. The lowest BCUT2D eigenvalue weighted by Crippen LogP contribution is -2.15. The molecule has 0 unspecified atom stereocenters. The van der Waals surface area contributed by atoms with Crippen LogP contribution < -0.4 is 4.74 Å². The number of halogens is 2. The van der Waals surface area contributed by atoms with Crippen LogP contribution in [0.5, 0.6) is 5.75 Å². The number of rotatable bonds is 6. The van der Waals surface area contributed by atoms with Gasteiger partial charge in [-0.1, -0.05) is 17.7 Å². The summed E-state index contributed by atoms with van der Waals surface area (Å²) in [4.78, 5) is 28.0. The fraction of sp³-hybridized carbons (Fsp3) is 0.190. The molecule has 2 aromatic rings. The largest absolute Gasteiger partial charge is 0.480 e. The number of cyclic esters (lactones) is 1. The van der Waals surface area contributed by atoms with E-state index in [-0.39, 0.29) is 24.8 Å². The monoisotopic (exact) mass is 521 g/mol. The highest BCUT2D eigenvalue weighted by atomic mass is 79.9. The van der Waals surface area contributed by atoms with Gasteiger partial charge in [0.2, 0.25) is 5.90 Å². The average Bonchev–Trinajstić information content (AvgIpc) is 3.02. The molecular weight excluding hydrogens is 506 g/mol. The van der Waals surface area contributed by atoms with Crippen LogP contribution in [0.15, 0.2) is 56.0 Å². The number of hydrogen-bond donors (Lipinski definition) is 0. The lowest BCUT2D eigenvalue weighted by atomic mass is 10.1. The summed E-state index contributed by atoms with van der Waals surface area (Å²) in [6, 6.07) is 11.1. The van der Waals surface area contributed by atoms with Gasteiger partial charge in [0.15, 0.2) is 12.3 Å². The first-order valence-corrected chi connectivity index (χ1v) is 10.3. The molecule has 3 rings (SSSR count). The fourth-order valence-electron chi connectivity index (χ4n) is 2.52. The van der Waals surface area contributed by atoms with E-state index in [2.05, 4.69) is 36.9 Å². The summed E-state index contributed by atoms with van der Waals surface area (Å²) in [6.07, 6.45) is 1.62. The number of carbonyl (C=O) groups is 2. The van der Waals surface area contributed by atoms with Crippen molar-refractivity contribution in [1.29, 1.82) is 0 Å². The fourth-order valence-corrected chi connectivity index (χ4v) is 3.97. The predicted octanol–water partition coefficient (Wildman–Crippen LogP) is 4.81. The molecule has 0 fully saturated rings. The molecule has 0 atom stereocenters. The molecule has 0 aliphatic carbocycles. The molecule has 1 aliphatic heterocycles. The Labute approximate surface area is 184 Å². The summed E-state index contributed by atoms with van der Waals surface area (Å²) in [5.41, 5.74) is 2.74. The molecule has 1 aliphatic rings. The van der Waals surface area contributed by atoms with E-state index < -0.39 is 11.9 Å². The van der Waals surface area contributed by atoms with Crippen molar-refractivity contribution in [3.8, 4) is 5.75 Å². The summed E-state index contributed by atoms with van der Waals surface area (Å²) < 4.78 is 16.9. The first-order chi connectivity index (χ1) is 13.9. The Balaban J connectivity index is 1.81. The Morgan fingerprint density at radius 3 is 2.45 bits per heavy atom. The van der Waals surface area contributed by atoms with Crippen molar-refractivity contribution in [2.24, 2.45) is 4.99 Å². The molecule has 1 heterocycles. The molecule has 0 spiro atoms. The van der Waals surface area contributed by atoms with Crippen LogP contribution >= 0.6 is 31.9 Å². The summed E-state index contributed by atoms with van der Waals surface area (Å²) in [7, 11) is 0. The Bertz CT molecular complexity index is 989. The smallest absolute Gasteiger partial charge is 0.363 e. The van der Waals surface area contributed by atoms with E-state index in [4.69, 9.17) is 14.2 Å². The van der Waals surface area contributed by atoms with Crippen molar-refractivity contribution in [3.05, 3.63) is 67.7 Å². The SMILES string of the molecule is CCOC(=O)COc1c(Br)cc(/C=C2\N=C(c3ccc(C)cc3)OC2=O)cc1Br. The lowest BCUT2D eigenvalue weighted by molar-refractivity contribution is -0.145. The van der Waals surface area contributed by atoms with Gasteiger partial charge >= 0.3 is 11.9 Å². The third-order valence-corrected chi connectivity index (χ3v) is 5.06. The maximum absolute atomic E-state index is 12.2. The molecule has 29 heavy (non-hydrogen) atoms. The van der Waals surface area contributed by atoms with Crippen LogP contribution in [0.25, 0.3) is 6.08 Å². The second-order valence-electron chi connectivity index (χ2n) is 6.11. The number of ether oxygens (including phenoxy) is 3. The number of aliphatic imine (C=N–C) groups is 1. The zero-order valence-electron chi connectivity index (χ0n) is 15.7. The first-order valence-electron chi connectivity index (χ1n) is 8.74. The first kappa shape index (κ1) is 21.3. The van der Waals surface area contributed by atoms with E-state index in [1.807, 2.05) is 31.2 Å². The molecule has 0 amide bonds. The third kappa shape index (κ3) is 5.33. The minimum atomic E-state index is -0.518. The van der Waals surface area contributed by atoms with Gasteiger partial charge < -0.3 is 14.2 Å². The molecule has 6 nitrogen and oxygen atoms in total. The highest BCUT2D eigenvalue weighted by molar-refractivity contribution is 9.11. The summed E-state index contributed by atoms with van der Waals surface area (Å²) in [5.74, 6) is -0.244. The quantitative estimate of drug-likeness (QED) is 0.402. The predicted molar refractivity (Wildman–Crippen MR) is 116 cm³/mol. The lowest BCUT2D eigenvalue weighted by Gasteiger charge is -2.10. The van der Waals surface area contributed by atoms with E-state index in [0.717, 1.165) is 11.1 Å². The van der Waals surface area contributed by atoms with Crippen LogP contribution in [0.2, 0.25) is 0 Å². The Morgan fingerprint density at radius 2 is 1.83 bits per heavy atom. The van der Waals surface area contributed by atoms with Gasteiger partial charge in [-0.05, 0) is 81.6 Å². The normalized spacial score (nSPS) is 14.6. The topological polar surface area (TPSA) is 74.2 Å². The van der Waals surface area contributed by atoms with Gasteiger partial charge in [0.05, 0.1) is 15.6 Å². The summed E-state index contributed by atoms with van der Waals surface area (Å²) in [5, 5.41) is 0. The molecule has 0 N–H and O–H groups in total. The molecule has 2 aromatic carbocycles. The van der Waals surface area contributed by atoms with Gasteiger partial charge in [-0.15, -0.1) is 0 Å². The molecule has 150 valence electrons. The molecule has 0 saturated carbocycles. The average molecular weight is 523 g/mol. The number of hydrogen-bond acceptors (Lipinski definition) is 6. The second-order valence-corrected chi connectivity index (χ2v) is 7.82. The van der Waals surface area contributed by atoms with Crippen LogP contribution in [-0.4, -0.2) is 31.1 Å². The Hall–Kier alpha value is -2.45. The number of aryl methyl sites for hydroxylation is 1. The zero-order valence-corrected chi connectivity index (χ0v) is 18.9. The molecular formula is C21H17Br2NO5. The van der Waals surface area contributed by atoms with Crippen LogP contribution in [-0.2, 0) is 19.1 Å². The number of carbonyl (C=O) groups excluding carboxylic acids is 2. The van der Waals surface area contributed by atoms with Crippen LogP contribution in [0.4, 0.5) is 0 Å². The van der Waals surface area contributed by atoms with Gasteiger partial charge in [0.25, 0.3) is 0 Å². The zero-order chi connectivity index (χ0) is 21.0. The van der Waals surface area contributed by atoms with Crippen LogP contribution in [0.3, 0.4) is 0 Å². The maximum Gasteiger partial charge on any atom is 0.363 e. The third-order valence-electron chi connectivity index (χ3n) is 3.88. The summed E-state index contributed by atoms with van der Waals surface area (Å²) in [6.45, 7) is 3.79. The number of esters is 2. The molecule has 0 aromatic heterocycles. The van der Waals surface area contributed by atoms with Gasteiger partial charge in [-0.25, -0.2) is 14.6 Å². The van der Waals surface area contributed by atoms with Crippen molar-refractivity contribution >= 4 is 55.8 Å². The van der Waals surface area contributed by atoms with E-state index in [1.165, 1.54) is 0 Å². The summed E-state index contributed by atoms with van der Waals surface area (Å²) >= 11 is 6.84. The molecule has 0 saturated heterocycles. The Morgan fingerprint density at radius 1 is 1.17 bits per heavy atom. The van der Waals surface area contributed by atoms with E-state index in [0.29, 0.717) is 20.3 Å². The van der Waals surface area contributed by atoms with Crippen molar-refractivity contribution < 1.29 is 23.8 Å². The van der Waals surface area contributed by atoms with E-state index >= 15 is 0 Å². The van der Waals surface area contributed by atoms with Crippen molar-refractivity contribution in [2.75, 3.05) is 13.2 Å². The van der Waals surface area contributed by atoms with Crippen molar-refractivity contribution in [3.63, 3.8) is 0 Å². The standard InChI is InChI=1S/C21H17Br2NO5/c1-3-27-18(25)11-28-19-15(22)8-13(9-16(19)23)10-17-21(26)29-20(24-17)14-6-4-12(2)5-7-14/h4-10H,3,11H2,1-2H3/b17-10-. The van der Waals surface area contributed by atoms with Gasteiger partial charge in [0, 0.05) is 5.56 Å². The highest BCUT2D eigenvalue weighted by Crippen LogP contribution is 2.35. The van der Waals surface area contributed by atoms with E-state index in [9.17, 15) is 9.59 Å². The van der Waals surface area contributed by atoms with Gasteiger partial charge in [-0.3, -0.25) is 0 Å². The molecule has 8 heteroatoms. The molecule has 0 radical (unpaired) electrons. The van der Waals surface area contributed by atoms with Gasteiger partial charge in [0.1, 0.15) is 5.75 Å². The van der Waals surface area contributed by atoms with Gasteiger partial charge in [-0.2, -0.15) is 0 Å². The van der Waals surface area contributed by atoms with Crippen LogP contribution in [0, 0.1) is 6.92 Å². The minimum Gasteiger partial charge on any atom is -0.480 e. The minimum absolute atomic E-state index is 0.194. The maximum atomic E-state index is 12.2. The molecule has 0 bridgehead atoms. The number of nitrogens with zero attached hydrogens (tertiary/aromatic N) is 1. The van der Waals surface area contributed by atoms with Crippen molar-refractivity contribution in [2.45, 2.75) is 13.8 Å². The van der Waals surface area contributed by atoms with Crippen LogP contribution in [0.1, 0.15) is 23.6 Å².